The molecule has 0 saturated heterocycles. The van der Waals surface area contributed by atoms with Gasteiger partial charge in [0.1, 0.15) is 5.75 Å². The third-order valence-corrected chi connectivity index (χ3v) is 2.47. The van der Waals surface area contributed by atoms with Gasteiger partial charge in [-0.2, -0.15) is 0 Å². The minimum atomic E-state index is 1.01. The Balaban J connectivity index is 2.50. The summed E-state index contributed by atoms with van der Waals surface area (Å²) in [7, 11) is 8.41. The lowest BCUT2D eigenvalue weighted by molar-refractivity contribution is -0.870. The molecule has 0 atom stereocenters. The highest BCUT2D eigenvalue weighted by Gasteiger charge is 2.07. The Labute approximate surface area is 93.1 Å². The molecule has 0 aromatic heterocycles. The Bertz CT molecular complexity index is 302. The molecule has 0 heterocycles. The Hall–Kier alpha value is -1.02. The minimum absolute atomic E-state index is 1.01. The molecule has 0 spiro atoms. The summed E-state index contributed by atoms with van der Waals surface area (Å²) >= 11 is 0. The maximum atomic E-state index is 5.32. The normalized spacial score (nSPS) is 11.5. The van der Waals surface area contributed by atoms with Gasteiger partial charge in [-0.25, -0.2) is 0 Å². The van der Waals surface area contributed by atoms with Crippen molar-refractivity contribution in [1.29, 1.82) is 0 Å². The second kappa shape index (κ2) is 5.17. The molecule has 2 nitrogen and oxygen atoms in total. The summed E-state index contributed by atoms with van der Waals surface area (Å²) in [5.41, 5.74) is 1.31. The van der Waals surface area contributed by atoms with Crippen LogP contribution in [0.15, 0.2) is 24.3 Å². The Morgan fingerprint density at radius 3 is 2.40 bits per heavy atom. The summed E-state index contributed by atoms with van der Waals surface area (Å²) in [4.78, 5) is 0. The van der Waals surface area contributed by atoms with Gasteiger partial charge in [0, 0.05) is 6.42 Å². The monoisotopic (exact) mass is 208 g/mol. The number of rotatable bonds is 5. The molecule has 0 aliphatic heterocycles. The van der Waals surface area contributed by atoms with Crippen molar-refractivity contribution in [2.75, 3.05) is 34.8 Å². The van der Waals surface area contributed by atoms with E-state index < -0.39 is 0 Å². The van der Waals surface area contributed by atoms with Crippen LogP contribution in [0.2, 0.25) is 0 Å². The number of benzene rings is 1. The first-order valence-electron chi connectivity index (χ1n) is 5.45. The van der Waals surface area contributed by atoms with E-state index in [-0.39, 0.29) is 0 Å². The number of aryl methyl sites for hydroxylation is 1. The number of methoxy groups -OCH3 is 1. The molecule has 1 rings (SSSR count). The second-order valence-corrected chi connectivity index (χ2v) is 4.93. The third-order valence-electron chi connectivity index (χ3n) is 2.47. The van der Waals surface area contributed by atoms with Crippen molar-refractivity contribution in [1.82, 2.24) is 0 Å². The zero-order valence-corrected chi connectivity index (χ0v) is 10.3. The number of ether oxygens (including phenoxy) is 1. The van der Waals surface area contributed by atoms with Gasteiger partial charge in [0.25, 0.3) is 0 Å². The summed E-state index contributed by atoms with van der Waals surface area (Å²) in [6.07, 6.45) is 2.30. The van der Waals surface area contributed by atoms with Gasteiger partial charge in [0.2, 0.25) is 0 Å². The van der Waals surface area contributed by atoms with Crippen molar-refractivity contribution in [2.45, 2.75) is 12.8 Å². The Morgan fingerprint density at radius 1 is 1.13 bits per heavy atom. The molecule has 84 valence electrons. The molecule has 1 aromatic carbocycles. The summed E-state index contributed by atoms with van der Waals surface area (Å²) in [5.74, 6) is 1.01. The molecular formula is C13H22NO+. The van der Waals surface area contributed by atoms with Gasteiger partial charge >= 0.3 is 0 Å². The first-order chi connectivity index (χ1) is 7.03. The lowest BCUT2D eigenvalue weighted by atomic mass is 10.1. The van der Waals surface area contributed by atoms with E-state index in [2.05, 4.69) is 33.3 Å². The van der Waals surface area contributed by atoms with E-state index >= 15 is 0 Å². The molecule has 1 aromatic rings. The van der Waals surface area contributed by atoms with Crippen LogP contribution in [0.5, 0.6) is 5.75 Å². The molecule has 0 fully saturated rings. The zero-order chi connectivity index (χ0) is 11.3. The van der Waals surface area contributed by atoms with E-state index in [1.54, 1.807) is 7.11 Å². The number of quaternary nitrogens is 1. The van der Waals surface area contributed by atoms with Crippen LogP contribution < -0.4 is 4.74 Å². The number of hydrogen-bond donors (Lipinski definition) is 0. The van der Waals surface area contributed by atoms with E-state index in [1.807, 2.05) is 12.1 Å². The fraction of sp³-hybridized carbons (Fsp3) is 0.538. The molecule has 0 unspecified atom stereocenters. The molecular weight excluding hydrogens is 186 g/mol. The SMILES string of the molecule is COc1ccccc1CCC[N+](C)(C)C. The third kappa shape index (κ3) is 4.34. The highest BCUT2D eigenvalue weighted by molar-refractivity contribution is 5.33. The lowest BCUT2D eigenvalue weighted by Gasteiger charge is -2.23. The van der Waals surface area contributed by atoms with Crippen LogP contribution in [0.4, 0.5) is 0 Å². The number of hydrogen-bond acceptors (Lipinski definition) is 1. The minimum Gasteiger partial charge on any atom is -0.496 e. The second-order valence-electron chi connectivity index (χ2n) is 4.93. The number of para-hydroxylation sites is 1. The van der Waals surface area contributed by atoms with Crippen molar-refractivity contribution < 1.29 is 9.22 Å². The summed E-state index contributed by atoms with van der Waals surface area (Å²) < 4.78 is 6.35. The molecule has 0 N–H and O–H groups in total. The number of nitrogens with zero attached hydrogens (tertiary/aromatic N) is 1. The Morgan fingerprint density at radius 2 is 1.80 bits per heavy atom. The van der Waals surface area contributed by atoms with Gasteiger partial charge in [-0.15, -0.1) is 0 Å². The van der Waals surface area contributed by atoms with E-state index in [4.69, 9.17) is 4.74 Å². The first kappa shape index (κ1) is 12.1. The Kier molecular flexibility index (Phi) is 4.15. The smallest absolute Gasteiger partial charge is 0.122 e. The fourth-order valence-electron chi connectivity index (χ4n) is 1.65. The van der Waals surface area contributed by atoms with Gasteiger partial charge in [-0.1, -0.05) is 18.2 Å². The van der Waals surface area contributed by atoms with E-state index in [1.165, 1.54) is 18.5 Å². The van der Waals surface area contributed by atoms with Crippen LogP contribution in [0.1, 0.15) is 12.0 Å². The topological polar surface area (TPSA) is 9.23 Å². The molecule has 0 radical (unpaired) electrons. The highest BCUT2D eigenvalue weighted by Crippen LogP contribution is 2.18. The molecule has 0 aliphatic rings. The predicted molar refractivity (Wildman–Crippen MR) is 64.2 cm³/mol. The van der Waals surface area contributed by atoms with Crippen LogP contribution in [0.25, 0.3) is 0 Å². The molecule has 2 heteroatoms. The quantitative estimate of drug-likeness (QED) is 0.675. The molecule has 0 amide bonds. The van der Waals surface area contributed by atoms with Crippen molar-refractivity contribution >= 4 is 0 Å². The average molecular weight is 208 g/mol. The average Bonchev–Trinajstić information content (AvgIpc) is 2.16. The molecule has 0 saturated carbocycles. The van der Waals surface area contributed by atoms with Crippen LogP contribution in [0, 0.1) is 0 Å². The first-order valence-corrected chi connectivity index (χ1v) is 5.45. The zero-order valence-electron chi connectivity index (χ0n) is 10.3. The fourth-order valence-corrected chi connectivity index (χ4v) is 1.65. The van der Waals surface area contributed by atoms with Crippen molar-refractivity contribution in [3.8, 4) is 5.75 Å². The van der Waals surface area contributed by atoms with Gasteiger partial charge in [-0.05, 0) is 18.1 Å². The molecule has 15 heavy (non-hydrogen) atoms. The molecule has 0 bridgehead atoms. The van der Waals surface area contributed by atoms with E-state index in [0.717, 1.165) is 16.7 Å². The highest BCUT2D eigenvalue weighted by atomic mass is 16.5. The molecule has 0 aliphatic carbocycles. The van der Waals surface area contributed by atoms with Gasteiger partial charge in [0.05, 0.1) is 34.8 Å². The van der Waals surface area contributed by atoms with Crippen molar-refractivity contribution in [3.63, 3.8) is 0 Å². The van der Waals surface area contributed by atoms with Gasteiger partial charge in [0.15, 0.2) is 0 Å². The summed E-state index contributed by atoms with van der Waals surface area (Å²) in [6.45, 7) is 1.19. The van der Waals surface area contributed by atoms with Crippen LogP contribution in [-0.2, 0) is 6.42 Å². The van der Waals surface area contributed by atoms with Crippen LogP contribution >= 0.6 is 0 Å². The maximum absolute atomic E-state index is 5.32. The largest absolute Gasteiger partial charge is 0.496 e. The van der Waals surface area contributed by atoms with Gasteiger partial charge < -0.3 is 9.22 Å². The van der Waals surface area contributed by atoms with Crippen molar-refractivity contribution in [3.05, 3.63) is 29.8 Å². The van der Waals surface area contributed by atoms with Crippen molar-refractivity contribution in [2.24, 2.45) is 0 Å². The van der Waals surface area contributed by atoms with E-state index in [9.17, 15) is 0 Å². The van der Waals surface area contributed by atoms with Crippen LogP contribution in [-0.4, -0.2) is 39.3 Å². The predicted octanol–water partition coefficient (Wildman–Crippen LogP) is 2.33. The van der Waals surface area contributed by atoms with E-state index in [0.29, 0.717) is 0 Å². The lowest BCUT2D eigenvalue weighted by Crippen LogP contribution is -2.35. The summed E-state index contributed by atoms with van der Waals surface area (Å²) in [5, 5.41) is 0. The van der Waals surface area contributed by atoms with Crippen LogP contribution in [0.3, 0.4) is 0 Å². The standard InChI is InChI=1S/C13H22NO/c1-14(2,3)11-7-9-12-8-5-6-10-13(12)15-4/h5-6,8,10H,7,9,11H2,1-4H3/q+1. The van der Waals surface area contributed by atoms with Gasteiger partial charge in [-0.3, -0.25) is 0 Å². The maximum Gasteiger partial charge on any atom is 0.122 e. The summed E-state index contributed by atoms with van der Waals surface area (Å²) in [6, 6.07) is 8.27.